The second-order valence-electron chi connectivity index (χ2n) is 5.32. The van der Waals surface area contributed by atoms with Gasteiger partial charge in [-0.2, -0.15) is 0 Å². The van der Waals surface area contributed by atoms with Crippen LogP contribution in [0.15, 0.2) is 12.4 Å². The highest BCUT2D eigenvalue weighted by molar-refractivity contribution is 5.40. The molecule has 0 radical (unpaired) electrons. The predicted octanol–water partition coefficient (Wildman–Crippen LogP) is 1.23. The van der Waals surface area contributed by atoms with Crippen molar-refractivity contribution in [1.82, 2.24) is 15.3 Å². The Morgan fingerprint density at radius 3 is 3.06 bits per heavy atom. The molecular formula is C13H20N4. The lowest BCUT2D eigenvalue weighted by Crippen LogP contribution is -2.49. The van der Waals surface area contributed by atoms with Gasteiger partial charge in [0.15, 0.2) is 0 Å². The van der Waals surface area contributed by atoms with E-state index in [4.69, 9.17) is 0 Å². The monoisotopic (exact) mass is 232 g/mol. The number of rotatable bonds is 3. The Hall–Kier alpha value is -1.16. The molecule has 1 saturated carbocycles. The van der Waals surface area contributed by atoms with Crippen LogP contribution in [0.5, 0.6) is 0 Å². The van der Waals surface area contributed by atoms with Gasteiger partial charge >= 0.3 is 0 Å². The van der Waals surface area contributed by atoms with Crippen molar-refractivity contribution >= 4 is 5.82 Å². The molecule has 1 aromatic rings. The summed E-state index contributed by atoms with van der Waals surface area (Å²) >= 11 is 0. The molecule has 0 spiro atoms. The molecule has 0 amide bonds. The first kappa shape index (κ1) is 11.0. The SMILES string of the molecule is C[C@@H]1CN(c2cc(CC3CC3)ncn2)CCN1. The maximum atomic E-state index is 4.41. The summed E-state index contributed by atoms with van der Waals surface area (Å²) in [6.45, 7) is 5.35. The van der Waals surface area contributed by atoms with E-state index in [1.165, 1.54) is 18.5 Å². The van der Waals surface area contributed by atoms with Gasteiger partial charge in [-0.1, -0.05) is 0 Å². The zero-order chi connectivity index (χ0) is 11.7. The van der Waals surface area contributed by atoms with Crippen LogP contribution in [-0.2, 0) is 6.42 Å². The van der Waals surface area contributed by atoms with Crippen molar-refractivity contribution in [1.29, 1.82) is 0 Å². The van der Waals surface area contributed by atoms with Gasteiger partial charge in [-0.15, -0.1) is 0 Å². The standard InChI is InChI=1S/C13H20N4/c1-10-8-17(5-4-14-10)13-7-12(15-9-16-13)6-11-2-3-11/h7,9-11,14H,2-6,8H2,1H3/t10-/m1/s1. The number of nitrogens with zero attached hydrogens (tertiary/aromatic N) is 3. The van der Waals surface area contributed by atoms with Crippen molar-refractivity contribution in [2.45, 2.75) is 32.2 Å². The van der Waals surface area contributed by atoms with Crippen LogP contribution in [0.4, 0.5) is 5.82 Å². The van der Waals surface area contributed by atoms with E-state index in [9.17, 15) is 0 Å². The largest absolute Gasteiger partial charge is 0.354 e. The fourth-order valence-electron chi connectivity index (χ4n) is 2.43. The predicted molar refractivity (Wildman–Crippen MR) is 68.1 cm³/mol. The van der Waals surface area contributed by atoms with Crippen molar-refractivity contribution in [3.63, 3.8) is 0 Å². The van der Waals surface area contributed by atoms with Crippen molar-refractivity contribution < 1.29 is 0 Å². The van der Waals surface area contributed by atoms with Gasteiger partial charge in [0.05, 0.1) is 0 Å². The van der Waals surface area contributed by atoms with Crippen LogP contribution < -0.4 is 10.2 Å². The number of piperazine rings is 1. The Morgan fingerprint density at radius 1 is 1.41 bits per heavy atom. The molecule has 4 nitrogen and oxygen atoms in total. The molecule has 1 saturated heterocycles. The molecule has 2 aliphatic rings. The summed E-state index contributed by atoms with van der Waals surface area (Å²) in [5.41, 5.74) is 1.21. The first-order chi connectivity index (χ1) is 8.31. The molecule has 1 aromatic heterocycles. The van der Waals surface area contributed by atoms with Crippen LogP contribution in [0.2, 0.25) is 0 Å². The fourth-order valence-corrected chi connectivity index (χ4v) is 2.43. The van der Waals surface area contributed by atoms with Crippen molar-refractivity contribution in [2.24, 2.45) is 5.92 Å². The summed E-state index contributed by atoms with van der Waals surface area (Å²) in [5, 5.41) is 3.45. The van der Waals surface area contributed by atoms with Crippen molar-refractivity contribution in [2.75, 3.05) is 24.5 Å². The van der Waals surface area contributed by atoms with E-state index < -0.39 is 0 Å². The third kappa shape index (κ3) is 2.75. The maximum Gasteiger partial charge on any atom is 0.132 e. The van der Waals surface area contributed by atoms with E-state index >= 15 is 0 Å². The number of hydrogen-bond acceptors (Lipinski definition) is 4. The summed E-state index contributed by atoms with van der Waals surface area (Å²) in [4.78, 5) is 11.2. The van der Waals surface area contributed by atoms with Gasteiger partial charge in [-0.3, -0.25) is 0 Å². The van der Waals surface area contributed by atoms with Crippen LogP contribution >= 0.6 is 0 Å². The van der Waals surface area contributed by atoms with Crippen LogP contribution in [-0.4, -0.2) is 35.6 Å². The van der Waals surface area contributed by atoms with Crippen LogP contribution in [0.25, 0.3) is 0 Å². The van der Waals surface area contributed by atoms with Crippen LogP contribution in [0.1, 0.15) is 25.5 Å². The van der Waals surface area contributed by atoms with E-state index in [0.717, 1.165) is 37.8 Å². The third-order valence-corrected chi connectivity index (χ3v) is 3.60. The van der Waals surface area contributed by atoms with E-state index in [0.29, 0.717) is 6.04 Å². The molecular weight excluding hydrogens is 212 g/mol. The number of anilines is 1. The van der Waals surface area contributed by atoms with Gasteiger partial charge in [-0.05, 0) is 32.1 Å². The molecule has 1 aliphatic carbocycles. The molecule has 2 fully saturated rings. The zero-order valence-electron chi connectivity index (χ0n) is 10.4. The second kappa shape index (κ2) is 4.61. The Bertz CT molecular complexity index is 389. The number of aromatic nitrogens is 2. The minimum Gasteiger partial charge on any atom is -0.354 e. The van der Waals surface area contributed by atoms with Crippen LogP contribution in [0, 0.1) is 5.92 Å². The van der Waals surface area contributed by atoms with E-state index in [1.54, 1.807) is 6.33 Å². The average molecular weight is 232 g/mol. The van der Waals surface area contributed by atoms with Crippen LogP contribution in [0.3, 0.4) is 0 Å². The summed E-state index contributed by atoms with van der Waals surface area (Å²) < 4.78 is 0. The normalized spacial score (nSPS) is 25.0. The highest BCUT2D eigenvalue weighted by atomic mass is 15.2. The molecule has 1 aliphatic heterocycles. The minimum atomic E-state index is 0.547. The molecule has 4 heteroatoms. The number of hydrogen-bond donors (Lipinski definition) is 1. The van der Waals surface area contributed by atoms with Gasteiger partial charge in [0.25, 0.3) is 0 Å². The molecule has 1 atom stereocenters. The molecule has 2 heterocycles. The summed E-state index contributed by atoms with van der Waals surface area (Å²) in [5.74, 6) is 1.99. The first-order valence-corrected chi connectivity index (χ1v) is 6.60. The molecule has 0 unspecified atom stereocenters. The van der Waals surface area contributed by atoms with E-state index in [1.807, 2.05) is 0 Å². The quantitative estimate of drug-likeness (QED) is 0.851. The Labute approximate surface area is 102 Å². The highest BCUT2D eigenvalue weighted by Gasteiger charge is 2.23. The lowest BCUT2D eigenvalue weighted by Gasteiger charge is -2.32. The minimum absolute atomic E-state index is 0.547. The maximum absolute atomic E-state index is 4.41. The molecule has 0 bridgehead atoms. The van der Waals surface area contributed by atoms with Gasteiger partial charge in [0.2, 0.25) is 0 Å². The van der Waals surface area contributed by atoms with Crippen molar-refractivity contribution in [3.8, 4) is 0 Å². The topological polar surface area (TPSA) is 41.1 Å². The fraction of sp³-hybridized carbons (Fsp3) is 0.692. The molecule has 92 valence electrons. The zero-order valence-corrected chi connectivity index (χ0v) is 10.4. The highest BCUT2D eigenvalue weighted by Crippen LogP contribution is 2.32. The van der Waals surface area contributed by atoms with Gasteiger partial charge in [0, 0.05) is 37.4 Å². The number of nitrogens with one attached hydrogen (secondary N) is 1. The van der Waals surface area contributed by atoms with E-state index in [2.05, 4.69) is 33.2 Å². The molecule has 3 rings (SSSR count). The smallest absolute Gasteiger partial charge is 0.132 e. The summed E-state index contributed by atoms with van der Waals surface area (Å²) in [7, 11) is 0. The molecule has 17 heavy (non-hydrogen) atoms. The summed E-state index contributed by atoms with van der Waals surface area (Å²) in [6.07, 6.45) is 5.62. The average Bonchev–Trinajstić information content (AvgIpc) is 3.13. The van der Waals surface area contributed by atoms with Gasteiger partial charge in [-0.25, -0.2) is 9.97 Å². The third-order valence-electron chi connectivity index (χ3n) is 3.60. The van der Waals surface area contributed by atoms with E-state index in [-0.39, 0.29) is 0 Å². The Balaban J connectivity index is 1.72. The molecule has 0 aromatic carbocycles. The lowest BCUT2D eigenvalue weighted by molar-refractivity contribution is 0.482. The Kier molecular flexibility index (Phi) is 2.97. The van der Waals surface area contributed by atoms with Gasteiger partial charge < -0.3 is 10.2 Å². The summed E-state index contributed by atoms with van der Waals surface area (Å²) in [6, 6.07) is 2.72. The van der Waals surface area contributed by atoms with Gasteiger partial charge in [0.1, 0.15) is 12.1 Å². The first-order valence-electron chi connectivity index (χ1n) is 6.60. The molecule has 1 N–H and O–H groups in total. The Morgan fingerprint density at radius 2 is 2.29 bits per heavy atom. The lowest BCUT2D eigenvalue weighted by atomic mass is 10.2. The van der Waals surface area contributed by atoms with Crippen molar-refractivity contribution in [3.05, 3.63) is 18.1 Å². The second-order valence-corrected chi connectivity index (χ2v) is 5.32.